The zero-order valence-corrected chi connectivity index (χ0v) is 15.7. The van der Waals surface area contributed by atoms with E-state index in [1.165, 1.54) is 0 Å². The van der Waals surface area contributed by atoms with Crippen molar-refractivity contribution >= 4 is 6.03 Å². The van der Waals surface area contributed by atoms with Crippen LogP contribution in [0, 0.1) is 13.8 Å². The number of hydrogen-bond donors (Lipinski definition) is 2. The van der Waals surface area contributed by atoms with Crippen LogP contribution in [0.3, 0.4) is 0 Å². The Balaban J connectivity index is 1.74. The average Bonchev–Trinajstić information content (AvgIpc) is 2.65. The van der Waals surface area contributed by atoms with E-state index in [4.69, 9.17) is 14.2 Å². The molecule has 2 aromatic carbocycles. The molecule has 0 spiro atoms. The topological polar surface area (TPSA) is 68.8 Å². The number of carbonyl (C=O) groups excluding carboxylic acids is 1. The normalized spacial score (nSPS) is 10.2. The Kier molecular flexibility index (Phi) is 7.14. The molecule has 0 bridgehead atoms. The van der Waals surface area contributed by atoms with E-state index >= 15 is 0 Å². The van der Waals surface area contributed by atoms with Gasteiger partial charge in [-0.2, -0.15) is 0 Å². The molecule has 0 saturated carbocycles. The number of amides is 2. The summed E-state index contributed by atoms with van der Waals surface area (Å²) in [6.07, 6.45) is 0. The van der Waals surface area contributed by atoms with Crippen LogP contribution in [0.1, 0.15) is 16.7 Å². The quantitative estimate of drug-likeness (QED) is 0.711. The van der Waals surface area contributed by atoms with Crippen LogP contribution in [0.2, 0.25) is 0 Å². The lowest BCUT2D eigenvalue weighted by Gasteiger charge is -2.13. The molecule has 2 rings (SSSR count). The summed E-state index contributed by atoms with van der Waals surface area (Å²) < 4.78 is 16.2. The van der Waals surface area contributed by atoms with Gasteiger partial charge in [-0.15, -0.1) is 0 Å². The maximum Gasteiger partial charge on any atom is 0.315 e. The van der Waals surface area contributed by atoms with Gasteiger partial charge in [0.05, 0.1) is 20.8 Å². The zero-order chi connectivity index (χ0) is 18.9. The first-order valence-corrected chi connectivity index (χ1v) is 8.46. The van der Waals surface area contributed by atoms with E-state index in [0.29, 0.717) is 31.2 Å². The summed E-state index contributed by atoms with van der Waals surface area (Å²) in [4.78, 5) is 11.9. The van der Waals surface area contributed by atoms with Gasteiger partial charge in [-0.3, -0.25) is 0 Å². The number of ether oxygens (including phenoxy) is 3. The van der Waals surface area contributed by atoms with Crippen molar-refractivity contribution in [3.8, 4) is 17.2 Å². The molecule has 0 aliphatic carbocycles. The number of para-hydroxylation sites is 1. The Morgan fingerprint density at radius 1 is 0.962 bits per heavy atom. The lowest BCUT2D eigenvalue weighted by molar-refractivity contribution is 0.236. The molecule has 26 heavy (non-hydrogen) atoms. The minimum Gasteiger partial charge on any atom is -0.493 e. The zero-order valence-electron chi connectivity index (χ0n) is 15.7. The van der Waals surface area contributed by atoms with E-state index in [0.717, 1.165) is 22.4 Å². The minimum absolute atomic E-state index is 0.245. The number of urea groups is 1. The van der Waals surface area contributed by atoms with Gasteiger partial charge in [0.25, 0.3) is 0 Å². The van der Waals surface area contributed by atoms with Gasteiger partial charge in [0, 0.05) is 6.54 Å². The third-order valence-electron chi connectivity index (χ3n) is 3.94. The van der Waals surface area contributed by atoms with Crippen molar-refractivity contribution in [2.45, 2.75) is 20.4 Å². The van der Waals surface area contributed by atoms with Crippen LogP contribution in [-0.2, 0) is 6.54 Å². The van der Waals surface area contributed by atoms with Crippen LogP contribution >= 0.6 is 0 Å². The summed E-state index contributed by atoms with van der Waals surface area (Å²) in [5.74, 6) is 2.17. The fourth-order valence-electron chi connectivity index (χ4n) is 2.58. The van der Waals surface area contributed by atoms with Crippen molar-refractivity contribution in [2.24, 2.45) is 0 Å². The van der Waals surface area contributed by atoms with Crippen molar-refractivity contribution in [1.29, 1.82) is 0 Å². The summed E-state index contributed by atoms with van der Waals surface area (Å²) >= 11 is 0. The molecule has 2 N–H and O–H groups in total. The van der Waals surface area contributed by atoms with E-state index in [-0.39, 0.29) is 6.03 Å². The van der Waals surface area contributed by atoms with E-state index < -0.39 is 0 Å². The van der Waals surface area contributed by atoms with Crippen LogP contribution in [0.25, 0.3) is 0 Å². The Hall–Kier alpha value is -2.89. The Labute approximate surface area is 154 Å². The van der Waals surface area contributed by atoms with Gasteiger partial charge in [0.1, 0.15) is 12.4 Å². The third-order valence-corrected chi connectivity index (χ3v) is 3.94. The highest BCUT2D eigenvalue weighted by atomic mass is 16.5. The first kappa shape index (κ1) is 19.4. The molecule has 6 heteroatoms. The van der Waals surface area contributed by atoms with Crippen molar-refractivity contribution in [1.82, 2.24) is 10.6 Å². The summed E-state index contributed by atoms with van der Waals surface area (Å²) in [6, 6.07) is 11.3. The van der Waals surface area contributed by atoms with Gasteiger partial charge < -0.3 is 24.8 Å². The highest BCUT2D eigenvalue weighted by Gasteiger charge is 2.07. The van der Waals surface area contributed by atoms with Crippen LogP contribution in [-0.4, -0.2) is 33.4 Å². The fraction of sp³-hybridized carbons (Fsp3) is 0.350. The molecule has 0 unspecified atom stereocenters. The monoisotopic (exact) mass is 358 g/mol. The SMILES string of the molecule is COc1ccc(CNC(=O)NCCOc2c(C)cccc2C)cc1OC. The van der Waals surface area contributed by atoms with Crippen LogP contribution in [0.4, 0.5) is 4.79 Å². The van der Waals surface area contributed by atoms with E-state index in [1.54, 1.807) is 14.2 Å². The van der Waals surface area contributed by atoms with Crippen molar-refractivity contribution < 1.29 is 19.0 Å². The molecule has 0 atom stereocenters. The van der Waals surface area contributed by atoms with Gasteiger partial charge in [0.15, 0.2) is 11.5 Å². The summed E-state index contributed by atoms with van der Waals surface area (Å²) in [7, 11) is 3.17. The first-order chi connectivity index (χ1) is 12.5. The number of carbonyl (C=O) groups is 1. The standard InChI is InChI=1S/C20H26N2O4/c1-14-6-5-7-15(2)19(14)26-11-10-21-20(23)22-13-16-8-9-17(24-3)18(12-16)25-4/h5-9,12H,10-11,13H2,1-4H3,(H2,21,22,23). The predicted molar refractivity (Wildman–Crippen MR) is 101 cm³/mol. The second-order valence-electron chi connectivity index (χ2n) is 5.87. The Morgan fingerprint density at radius 3 is 2.31 bits per heavy atom. The highest BCUT2D eigenvalue weighted by Crippen LogP contribution is 2.27. The van der Waals surface area contributed by atoms with Crippen molar-refractivity contribution in [3.63, 3.8) is 0 Å². The molecular formula is C20H26N2O4. The summed E-state index contributed by atoms with van der Waals surface area (Å²) in [5.41, 5.74) is 3.09. The lowest BCUT2D eigenvalue weighted by Crippen LogP contribution is -2.37. The number of nitrogens with one attached hydrogen (secondary N) is 2. The number of aryl methyl sites for hydroxylation is 2. The van der Waals surface area contributed by atoms with Gasteiger partial charge in [0.2, 0.25) is 0 Å². The van der Waals surface area contributed by atoms with E-state index in [2.05, 4.69) is 10.6 Å². The largest absolute Gasteiger partial charge is 0.493 e. The molecule has 2 aromatic rings. The van der Waals surface area contributed by atoms with Gasteiger partial charge in [-0.25, -0.2) is 4.79 Å². The van der Waals surface area contributed by atoms with Gasteiger partial charge in [-0.1, -0.05) is 24.3 Å². The molecule has 2 amide bonds. The molecule has 0 radical (unpaired) electrons. The smallest absolute Gasteiger partial charge is 0.315 e. The molecule has 6 nitrogen and oxygen atoms in total. The van der Waals surface area contributed by atoms with Crippen LogP contribution in [0.15, 0.2) is 36.4 Å². The fourth-order valence-corrected chi connectivity index (χ4v) is 2.58. The molecular weight excluding hydrogens is 332 g/mol. The molecule has 0 aromatic heterocycles. The average molecular weight is 358 g/mol. The lowest BCUT2D eigenvalue weighted by atomic mass is 10.1. The van der Waals surface area contributed by atoms with Crippen LogP contribution < -0.4 is 24.8 Å². The maximum atomic E-state index is 11.9. The minimum atomic E-state index is -0.245. The van der Waals surface area contributed by atoms with E-state index in [1.807, 2.05) is 50.2 Å². The summed E-state index contributed by atoms with van der Waals surface area (Å²) in [6.45, 7) is 5.24. The van der Waals surface area contributed by atoms with Crippen LogP contribution in [0.5, 0.6) is 17.2 Å². The predicted octanol–water partition coefficient (Wildman–Crippen LogP) is 3.20. The molecule has 0 aliphatic heterocycles. The molecule has 140 valence electrons. The first-order valence-electron chi connectivity index (χ1n) is 8.46. The van der Waals surface area contributed by atoms with Gasteiger partial charge >= 0.3 is 6.03 Å². The highest BCUT2D eigenvalue weighted by molar-refractivity contribution is 5.73. The Bertz CT molecular complexity index is 726. The number of hydrogen-bond acceptors (Lipinski definition) is 4. The third kappa shape index (κ3) is 5.31. The van der Waals surface area contributed by atoms with Gasteiger partial charge in [-0.05, 0) is 42.7 Å². The summed E-state index contributed by atoms with van der Waals surface area (Å²) in [5, 5.41) is 5.59. The molecule has 0 fully saturated rings. The number of rotatable bonds is 8. The van der Waals surface area contributed by atoms with Crippen molar-refractivity contribution in [3.05, 3.63) is 53.1 Å². The second-order valence-corrected chi connectivity index (χ2v) is 5.87. The number of benzene rings is 2. The number of methoxy groups -OCH3 is 2. The molecule has 0 heterocycles. The molecule has 0 aliphatic rings. The maximum absolute atomic E-state index is 11.9. The Morgan fingerprint density at radius 2 is 1.65 bits per heavy atom. The van der Waals surface area contributed by atoms with Crippen molar-refractivity contribution in [2.75, 3.05) is 27.4 Å². The molecule has 0 saturated heterocycles. The van der Waals surface area contributed by atoms with E-state index in [9.17, 15) is 4.79 Å². The second kappa shape index (κ2) is 9.56.